The van der Waals surface area contributed by atoms with E-state index in [1.807, 2.05) is 18.2 Å². The zero-order chi connectivity index (χ0) is 16.9. The Kier molecular flexibility index (Phi) is 5.76. The minimum atomic E-state index is -3.67. The highest BCUT2D eigenvalue weighted by Gasteiger charge is 2.17. The van der Waals surface area contributed by atoms with Gasteiger partial charge in [0.2, 0.25) is 10.0 Å². The zero-order valence-corrected chi connectivity index (χ0v) is 14.8. The van der Waals surface area contributed by atoms with Crippen molar-refractivity contribution in [3.8, 4) is 0 Å². The second kappa shape index (κ2) is 7.59. The molecule has 0 unspecified atom stereocenters. The Hall–Kier alpha value is -1.89. The molecule has 4 nitrogen and oxygen atoms in total. The number of hydrogen-bond acceptors (Lipinski definition) is 3. The predicted molar refractivity (Wildman–Crippen MR) is 98.4 cm³/mol. The summed E-state index contributed by atoms with van der Waals surface area (Å²) in [4.78, 5) is 0.228. The van der Waals surface area contributed by atoms with Crippen molar-refractivity contribution in [2.24, 2.45) is 5.73 Å². The molecule has 120 valence electrons. The first-order valence-corrected chi connectivity index (χ1v) is 9.14. The molecule has 0 aliphatic rings. The van der Waals surface area contributed by atoms with Crippen LogP contribution in [0, 0.1) is 0 Å². The summed E-state index contributed by atoms with van der Waals surface area (Å²) in [6.45, 7) is 3.58. The number of fused-ring (bicyclic) bond motifs is 1. The van der Waals surface area contributed by atoms with E-state index in [0.717, 1.165) is 9.86 Å². The lowest BCUT2D eigenvalue weighted by Crippen LogP contribution is -2.28. The molecule has 0 atom stereocenters. The number of halogens is 1. The van der Waals surface area contributed by atoms with E-state index in [-0.39, 0.29) is 11.4 Å². The van der Waals surface area contributed by atoms with Crippen LogP contribution in [0.3, 0.4) is 0 Å². The van der Waals surface area contributed by atoms with Crippen molar-refractivity contribution >= 4 is 36.7 Å². The van der Waals surface area contributed by atoms with E-state index in [0.29, 0.717) is 11.1 Å². The lowest BCUT2D eigenvalue weighted by atomic mass is 10.1. The Balaban J connectivity index is 2.31. The van der Waals surface area contributed by atoms with Gasteiger partial charge in [0.25, 0.3) is 0 Å². The second-order valence-electron chi connectivity index (χ2n) is 4.78. The van der Waals surface area contributed by atoms with Crippen molar-refractivity contribution < 1.29 is 8.42 Å². The molecule has 0 aliphatic carbocycles. The standard InChI is InChI=1S/C17H17BrN2O2S/c1-2-3-4-7-13(19)12-20-23(21,22)17-11-10-16(18)14-8-5-6-9-15(14)17/h2-11,20H,1,12,19H2/b4-3-,13-7-. The Morgan fingerprint density at radius 1 is 1.17 bits per heavy atom. The van der Waals surface area contributed by atoms with Crippen molar-refractivity contribution in [3.63, 3.8) is 0 Å². The van der Waals surface area contributed by atoms with Gasteiger partial charge in [-0.25, -0.2) is 13.1 Å². The molecular weight excluding hydrogens is 376 g/mol. The highest BCUT2D eigenvalue weighted by atomic mass is 79.9. The van der Waals surface area contributed by atoms with E-state index in [2.05, 4.69) is 27.2 Å². The third-order valence-corrected chi connectivity index (χ3v) is 5.30. The summed E-state index contributed by atoms with van der Waals surface area (Å²) in [6, 6.07) is 10.6. The van der Waals surface area contributed by atoms with Gasteiger partial charge in [-0.2, -0.15) is 0 Å². The molecule has 2 rings (SSSR count). The summed E-state index contributed by atoms with van der Waals surface area (Å²) < 4.78 is 28.5. The molecule has 2 aromatic carbocycles. The van der Waals surface area contributed by atoms with E-state index in [9.17, 15) is 8.42 Å². The molecule has 0 heterocycles. The number of hydrogen-bond donors (Lipinski definition) is 2. The van der Waals surface area contributed by atoms with Crippen LogP contribution in [-0.2, 0) is 10.0 Å². The minimum absolute atomic E-state index is 0.0359. The molecule has 6 heteroatoms. The first kappa shape index (κ1) is 17.5. The number of rotatable bonds is 6. The van der Waals surface area contributed by atoms with Crippen LogP contribution < -0.4 is 10.5 Å². The highest BCUT2D eigenvalue weighted by Crippen LogP contribution is 2.29. The van der Waals surface area contributed by atoms with Crippen LogP contribution in [-0.4, -0.2) is 15.0 Å². The Morgan fingerprint density at radius 3 is 2.57 bits per heavy atom. The van der Waals surface area contributed by atoms with E-state index in [1.165, 1.54) is 0 Å². The fourth-order valence-electron chi connectivity index (χ4n) is 2.04. The maximum Gasteiger partial charge on any atom is 0.241 e. The summed E-state index contributed by atoms with van der Waals surface area (Å²) in [5.41, 5.74) is 6.19. The number of sulfonamides is 1. The summed E-state index contributed by atoms with van der Waals surface area (Å²) in [7, 11) is -3.67. The molecule has 0 amide bonds. The molecule has 0 aliphatic heterocycles. The molecule has 0 aromatic heterocycles. The van der Waals surface area contributed by atoms with Crippen molar-refractivity contribution in [2.45, 2.75) is 4.90 Å². The summed E-state index contributed by atoms with van der Waals surface area (Å²) in [5, 5.41) is 1.50. The van der Waals surface area contributed by atoms with Crippen molar-refractivity contribution in [2.75, 3.05) is 6.54 Å². The van der Waals surface area contributed by atoms with Crippen LogP contribution >= 0.6 is 15.9 Å². The molecule has 3 N–H and O–H groups in total. The second-order valence-corrected chi connectivity index (χ2v) is 7.37. The van der Waals surface area contributed by atoms with Gasteiger partial charge >= 0.3 is 0 Å². The van der Waals surface area contributed by atoms with Crippen LogP contribution in [0.2, 0.25) is 0 Å². The summed E-state index contributed by atoms with van der Waals surface area (Å²) in [6.07, 6.45) is 6.65. The maximum atomic E-state index is 12.5. The Morgan fingerprint density at radius 2 is 1.87 bits per heavy atom. The average molecular weight is 393 g/mol. The van der Waals surface area contributed by atoms with E-state index in [1.54, 1.807) is 42.5 Å². The summed E-state index contributed by atoms with van der Waals surface area (Å²) >= 11 is 3.44. The quantitative estimate of drug-likeness (QED) is 0.739. The van der Waals surface area contributed by atoms with Gasteiger partial charge in [-0.15, -0.1) is 0 Å². The minimum Gasteiger partial charge on any atom is -0.401 e. The maximum absolute atomic E-state index is 12.5. The van der Waals surface area contributed by atoms with E-state index in [4.69, 9.17) is 5.73 Å². The first-order valence-electron chi connectivity index (χ1n) is 6.86. The molecule has 2 aromatic rings. The van der Waals surface area contributed by atoms with Gasteiger partial charge in [0.1, 0.15) is 0 Å². The smallest absolute Gasteiger partial charge is 0.241 e. The lowest BCUT2D eigenvalue weighted by Gasteiger charge is -2.10. The Labute approximate surface area is 144 Å². The summed E-state index contributed by atoms with van der Waals surface area (Å²) in [5.74, 6) is 0. The molecule has 23 heavy (non-hydrogen) atoms. The van der Waals surface area contributed by atoms with Gasteiger partial charge in [-0.05, 0) is 23.6 Å². The highest BCUT2D eigenvalue weighted by molar-refractivity contribution is 9.10. The molecule has 0 fully saturated rings. The fraction of sp³-hybridized carbons (Fsp3) is 0.0588. The van der Waals surface area contributed by atoms with Gasteiger partial charge < -0.3 is 5.73 Å². The number of allylic oxidation sites excluding steroid dienone is 4. The van der Waals surface area contributed by atoms with Gasteiger partial charge in [0, 0.05) is 15.6 Å². The van der Waals surface area contributed by atoms with E-state index >= 15 is 0 Å². The van der Waals surface area contributed by atoms with E-state index < -0.39 is 10.0 Å². The lowest BCUT2D eigenvalue weighted by molar-refractivity contribution is 0.585. The van der Waals surface area contributed by atoms with Crippen LogP contribution in [0.25, 0.3) is 10.8 Å². The van der Waals surface area contributed by atoms with Crippen LogP contribution in [0.5, 0.6) is 0 Å². The van der Waals surface area contributed by atoms with Gasteiger partial charge in [0.15, 0.2) is 0 Å². The molecule has 0 bridgehead atoms. The third-order valence-electron chi connectivity index (χ3n) is 3.14. The topological polar surface area (TPSA) is 72.2 Å². The monoisotopic (exact) mass is 392 g/mol. The van der Waals surface area contributed by atoms with Crippen LogP contribution in [0.1, 0.15) is 0 Å². The van der Waals surface area contributed by atoms with Crippen molar-refractivity contribution in [1.29, 1.82) is 0 Å². The van der Waals surface area contributed by atoms with Crippen LogP contribution in [0.15, 0.2) is 82.3 Å². The van der Waals surface area contributed by atoms with Gasteiger partial charge in [-0.3, -0.25) is 0 Å². The SMILES string of the molecule is C=C/C=C\C=C(/N)CNS(=O)(=O)c1ccc(Br)c2ccccc12. The molecule has 0 radical (unpaired) electrons. The largest absolute Gasteiger partial charge is 0.401 e. The predicted octanol–water partition coefficient (Wildman–Crippen LogP) is 3.47. The zero-order valence-electron chi connectivity index (χ0n) is 12.4. The molecule has 0 spiro atoms. The normalized spacial score (nSPS) is 12.8. The Bertz CT molecular complexity index is 887. The number of benzene rings is 2. The van der Waals surface area contributed by atoms with Crippen molar-refractivity contribution in [1.82, 2.24) is 4.72 Å². The van der Waals surface area contributed by atoms with Crippen molar-refractivity contribution in [3.05, 3.63) is 77.5 Å². The molecule has 0 saturated heterocycles. The third kappa shape index (κ3) is 4.31. The fourth-order valence-corrected chi connectivity index (χ4v) is 3.75. The van der Waals surface area contributed by atoms with Crippen LogP contribution in [0.4, 0.5) is 0 Å². The average Bonchev–Trinajstić information content (AvgIpc) is 2.54. The molecular formula is C17H17BrN2O2S. The van der Waals surface area contributed by atoms with Gasteiger partial charge in [-0.1, -0.05) is 65.0 Å². The number of nitrogens with one attached hydrogen (secondary N) is 1. The molecule has 0 saturated carbocycles. The first-order chi connectivity index (χ1) is 11.0. The van der Waals surface area contributed by atoms with Gasteiger partial charge in [0.05, 0.1) is 11.4 Å². The number of nitrogens with two attached hydrogens (primary N) is 1.